The molecule has 2 heterocycles. The predicted molar refractivity (Wildman–Crippen MR) is 69.4 cm³/mol. The highest BCUT2D eigenvalue weighted by atomic mass is 16.2. The Labute approximate surface area is 110 Å². The molecule has 0 aromatic carbocycles. The average Bonchev–Trinajstić information content (AvgIpc) is 2.82. The van der Waals surface area contributed by atoms with Crippen molar-refractivity contribution in [2.24, 2.45) is 7.05 Å². The summed E-state index contributed by atoms with van der Waals surface area (Å²) in [5.74, 6) is 5.33. The average molecular weight is 256 g/mol. The van der Waals surface area contributed by atoms with Crippen LogP contribution < -0.4 is 5.32 Å². The number of aliphatic hydroxyl groups is 1. The number of aliphatic hydroxyl groups excluding tert-OH is 1. The number of pyridine rings is 1. The van der Waals surface area contributed by atoms with Crippen LogP contribution in [0.1, 0.15) is 15.9 Å². The molecule has 0 bridgehead atoms. The number of anilines is 1. The Hall–Kier alpha value is -2.65. The van der Waals surface area contributed by atoms with E-state index in [9.17, 15) is 4.79 Å². The first-order chi connectivity index (χ1) is 9.20. The summed E-state index contributed by atoms with van der Waals surface area (Å²) >= 11 is 0. The lowest BCUT2D eigenvalue weighted by molar-refractivity contribution is 0.102. The minimum atomic E-state index is -0.316. The Morgan fingerprint density at radius 1 is 1.53 bits per heavy atom. The van der Waals surface area contributed by atoms with Crippen molar-refractivity contribution < 1.29 is 9.90 Å². The third-order valence-electron chi connectivity index (χ3n) is 2.32. The van der Waals surface area contributed by atoms with Gasteiger partial charge < -0.3 is 10.4 Å². The summed E-state index contributed by atoms with van der Waals surface area (Å²) in [7, 11) is 1.76. The normalized spacial score (nSPS) is 9.58. The third kappa shape index (κ3) is 3.18. The fraction of sp³-hybridized carbons (Fsp3) is 0.154. The molecule has 0 aliphatic carbocycles. The van der Waals surface area contributed by atoms with Gasteiger partial charge in [0.2, 0.25) is 0 Å². The second-order valence-corrected chi connectivity index (χ2v) is 3.71. The predicted octanol–water partition coefficient (Wildman–Crippen LogP) is 0.411. The van der Waals surface area contributed by atoms with E-state index in [4.69, 9.17) is 5.11 Å². The first-order valence-electron chi connectivity index (χ1n) is 5.55. The van der Waals surface area contributed by atoms with Gasteiger partial charge >= 0.3 is 0 Å². The van der Waals surface area contributed by atoms with Crippen molar-refractivity contribution in [3.8, 4) is 11.8 Å². The molecule has 0 atom stereocenters. The molecule has 0 spiro atoms. The lowest BCUT2D eigenvalue weighted by Gasteiger charge is -2.03. The number of nitrogens with one attached hydrogen (secondary N) is 1. The molecule has 0 fully saturated rings. The van der Waals surface area contributed by atoms with E-state index in [-0.39, 0.29) is 12.5 Å². The molecule has 2 aromatic rings. The van der Waals surface area contributed by atoms with E-state index in [1.807, 2.05) is 0 Å². The van der Waals surface area contributed by atoms with Gasteiger partial charge in [0.15, 0.2) is 5.82 Å². The Bertz CT molecular complexity index is 652. The zero-order valence-corrected chi connectivity index (χ0v) is 10.3. The van der Waals surface area contributed by atoms with Gasteiger partial charge in [-0.3, -0.25) is 14.5 Å². The summed E-state index contributed by atoms with van der Waals surface area (Å²) in [5.41, 5.74) is 0.853. The number of aryl methyl sites for hydroxylation is 1. The molecule has 0 radical (unpaired) electrons. The summed E-state index contributed by atoms with van der Waals surface area (Å²) < 4.78 is 1.59. The van der Waals surface area contributed by atoms with E-state index in [2.05, 4.69) is 27.2 Å². The lowest BCUT2D eigenvalue weighted by atomic mass is 10.1. The molecule has 2 N–H and O–H groups in total. The number of nitrogens with zero attached hydrogens (tertiary/aromatic N) is 3. The quantitative estimate of drug-likeness (QED) is 0.763. The maximum absolute atomic E-state index is 12.1. The van der Waals surface area contributed by atoms with Crippen LogP contribution in [0, 0.1) is 11.8 Å². The van der Waals surface area contributed by atoms with Crippen molar-refractivity contribution >= 4 is 11.7 Å². The molecule has 2 aromatic heterocycles. The van der Waals surface area contributed by atoms with Crippen LogP contribution in [0.25, 0.3) is 0 Å². The van der Waals surface area contributed by atoms with Gasteiger partial charge in [0.1, 0.15) is 6.61 Å². The molecule has 0 unspecified atom stereocenters. The molecule has 0 aliphatic heterocycles. The van der Waals surface area contributed by atoms with Gasteiger partial charge in [0, 0.05) is 31.7 Å². The molecule has 19 heavy (non-hydrogen) atoms. The summed E-state index contributed by atoms with van der Waals surface area (Å²) in [4.78, 5) is 16.0. The minimum Gasteiger partial charge on any atom is -0.384 e. The number of aromatic nitrogens is 3. The molecular formula is C13H12N4O2. The zero-order valence-electron chi connectivity index (χ0n) is 10.3. The van der Waals surface area contributed by atoms with Gasteiger partial charge in [0.25, 0.3) is 5.91 Å². The van der Waals surface area contributed by atoms with Gasteiger partial charge in [-0.1, -0.05) is 11.8 Å². The molecule has 0 saturated heterocycles. The van der Waals surface area contributed by atoms with Crippen LogP contribution in [0.15, 0.2) is 30.7 Å². The highest BCUT2D eigenvalue weighted by Crippen LogP contribution is 2.09. The number of hydrogen-bond donors (Lipinski definition) is 2. The number of rotatable bonds is 2. The van der Waals surface area contributed by atoms with Crippen molar-refractivity contribution in [2.45, 2.75) is 0 Å². The van der Waals surface area contributed by atoms with Crippen molar-refractivity contribution in [1.29, 1.82) is 0 Å². The molecule has 1 amide bonds. The van der Waals surface area contributed by atoms with E-state index in [0.717, 1.165) is 0 Å². The molecule has 0 saturated carbocycles. The zero-order chi connectivity index (χ0) is 13.7. The molecule has 2 rings (SSSR count). The highest BCUT2D eigenvalue weighted by Gasteiger charge is 2.11. The summed E-state index contributed by atoms with van der Waals surface area (Å²) in [6.45, 7) is -0.268. The van der Waals surface area contributed by atoms with Crippen molar-refractivity contribution in [3.63, 3.8) is 0 Å². The maximum atomic E-state index is 12.1. The second kappa shape index (κ2) is 5.80. The standard InChI is InChI=1S/C13H12N4O2/c1-17-7-5-12(16-17)15-13(19)11-4-6-14-9-10(11)3-2-8-18/h4-7,9,18H,8H2,1H3,(H,15,16,19). The smallest absolute Gasteiger partial charge is 0.258 e. The Balaban J connectivity index is 2.23. The molecule has 6 heteroatoms. The van der Waals surface area contributed by atoms with Gasteiger partial charge in [-0.05, 0) is 6.07 Å². The number of hydrogen-bond acceptors (Lipinski definition) is 4. The van der Waals surface area contributed by atoms with E-state index in [1.54, 1.807) is 30.1 Å². The first kappa shape index (κ1) is 12.8. The van der Waals surface area contributed by atoms with E-state index in [0.29, 0.717) is 16.9 Å². The maximum Gasteiger partial charge on any atom is 0.258 e. The monoisotopic (exact) mass is 256 g/mol. The molecule has 0 aliphatic rings. The first-order valence-corrected chi connectivity index (χ1v) is 5.55. The van der Waals surface area contributed by atoms with Crippen LogP contribution in [0.2, 0.25) is 0 Å². The van der Waals surface area contributed by atoms with Crippen LogP contribution >= 0.6 is 0 Å². The number of carbonyl (C=O) groups is 1. The largest absolute Gasteiger partial charge is 0.384 e. The topological polar surface area (TPSA) is 80.0 Å². The fourth-order valence-corrected chi connectivity index (χ4v) is 1.49. The van der Waals surface area contributed by atoms with Crippen molar-refractivity contribution in [3.05, 3.63) is 41.9 Å². The van der Waals surface area contributed by atoms with Gasteiger partial charge in [-0.25, -0.2) is 0 Å². The van der Waals surface area contributed by atoms with Crippen molar-refractivity contribution in [2.75, 3.05) is 11.9 Å². The number of amides is 1. The van der Waals surface area contributed by atoms with Crippen LogP contribution in [0.5, 0.6) is 0 Å². The summed E-state index contributed by atoms with van der Waals surface area (Å²) in [6, 6.07) is 3.26. The molecular weight excluding hydrogens is 244 g/mol. The van der Waals surface area contributed by atoms with Crippen molar-refractivity contribution in [1.82, 2.24) is 14.8 Å². The Kier molecular flexibility index (Phi) is 3.90. The number of carbonyl (C=O) groups excluding carboxylic acids is 1. The third-order valence-corrected chi connectivity index (χ3v) is 2.32. The minimum absolute atomic E-state index is 0.268. The Morgan fingerprint density at radius 2 is 2.37 bits per heavy atom. The van der Waals surface area contributed by atoms with Gasteiger partial charge in [0.05, 0.1) is 11.1 Å². The molecule has 96 valence electrons. The SMILES string of the molecule is Cn1ccc(NC(=O)c2ccncc2C#CCO)n1. The van der Waals surface area contributed by atoms with Crippen LogP contribution in [0.3, 0.4) is 0 Å². The summed E-state index contributed by atoms with van der Waals surface area (Å²) in [5, 5.41) is 15.4. The van der Waals surface area contributed by atoms with Crippen LogP contribution in [0.4, 0.5) is 5.82 Å². The van der Waals surface area contributed by atoms with Crippen LogP contribution in [-0.2, 0) is 7.05 Å². The summed E-state index contributed by atoms with van der Waals surface area (Å²) in [6.07, 6.45) is 4.72. The fourth-order valence-electron chi connectivity index (χ4n) is 1.49. The second-order valence-electron chi connectivity index (χ2n) is 3.71. The highest BCUT2D eigenvalue weighted by molar-refractivity contribution is 6.05. The Morgan fingerprint density at radius 3 is 3.05 bits per heavy atom. The van der Waals surface area contributed by atoms with Gasteiger partial charge in [-0.15, -0.1) is 0 Å². The lowest BCUT2D eigenvalue weighted by Crippen LogP contribution is -2.14. The van der Waals surface area contributed by atoms with E-state index >= 15 is 0 Å². The van der Waals surface area contributed by atoms with E-state index in [1.165, 1.54) is 12.4 Å². The van der Waals surface area contributed by atoms with E-state index < -0.39 is 0 Å². The molecule has 6 nitrogen and oxygen atoms in total. The van der Waals surface area contributed by atoms with Gasteiger partial charge in [-0.2, -0.15) is 5.10 Å². The van der Waals surface area contributed by atoms with Crippen LogP contribution in [-0.4, -0.2) is 32.4 Å².